The number of carbonyl (C=O) groups excluding carboxylic acids is 2. The van der Waals surface area contributed by atoms with Crippen molar-refractivity contribution in [2.45, 2.75) is 52.6 Å². The first-order valence-electron chi connectivity index (χ1n) is 13.5. The van der Waals surface area contributed by atoms with Gasteiger partial charge in [-0.2, -0.15) is 0 Å². The van der Waals surface area contributed by atoms with Gasteiger partial charge < -0.3 is 23.8 Å². The third kappa shape index (κ3) is 5.90. The first-order chi connectivity index (χ1) is 18.3. The predicted octanol–water partition coefficient (Wildman–Crippen LogP) is 5.45. The van der Waals surface area contributed by atoms with Crippen molar-refractivity contribution in [3.05, 3.63) is 53.7 Å². The van der Waals surface area contributed by atoms with Gasteiger partial charge in [0.1, 0.15) is 6.54 Å². The lowest BCUT2D eigenvalue weighted by Gasteiger charge is -2.36. The molecule has 0 spiro atoms. The van der Waals surface area contributed by atoms with Crippen molar-refractivity contribution in [1.82, 2.24) is 14.4 Å². The van der Waals surface area contributed by atoms with Gasteiger partial charge in [0, 0.05) is 57.1 Å². The zero-order valence-electron chi connectivity index (χ0n) is 23.3. The fourth-order valence-electron chi connectivity index (χ4n) is 4.98. The first kappa shape index (κ1) is 27.4. The Labute approximate surface area is 225 Å². The van der Waals surface area contributed by atoms with Crippen LogP contribution >= 0.6 is 0 Å². The Bertz CT molecular complexity index is 1280. The molecule has 1 aliphatic rings. The van der Waals surface area contributed by atoms with Gasteiger partial charge in [-0.3, -0.25) is 9.69 Å². The van der Waals surface area contributed by atoms with Gasteiger partial charge in [-0.25, -0.2) is 4.79 Å². The SMILES string of the molecule is CCCCCOc1cc(N2CCCN(Cc3ccc(C)c4c3ccn4CC(=O)N(C)C)C2=O)ccc1OC. The minimum Gasteiger partial charge on any atom is -0.493 e. The number of anilines is 1. The van der Waals surface area contributed by atoms with Crippen molar-refractivity contribution in [1.29, 1.82) is 0 Å². The summed E-state index contributed by atoms with van der Waals surface area (Å²) < 4.78 is 13.5. The van der Waals surface area contributed by atoms with E-state index in [2.05, 4.69) is 32.0 Å². The molecule has 0 atom stereocenters. The van der Waals surface area contributed by atoms with Crippen LogP contribution in [0.2, 0.25) is 0 Å². The van der Waals surface area contributed by atoms with Crippen LogP contribution < -0.4 is 14.4 Å². The highest BCUT2D eigenvalue weighted by Gasteiger charge is 2.28. The number of unbranched alkanes of at least 4 members (excludes halogenated alkanes) is 2. The topological polar surface area (TPSA) is 67.2 Å². The summed E-state index contributed by atoms with van der Waals surface area (Å²) in [4.78, 5) is 31.3. The largest absolute Gasteiger partial charge is 0.493 e. The fourth-order valence-corrected chi connectivity index (χ4v) is 4.98. The van der Waals surface area contributed by atoms with Crippen LogP contribution in [0.5, 0.6) is 11.5 Å². The molecule has 0 N–H and O–H groups in total. The van der Waals surface area contributed by atoms with Gasteiger partial charge in [0.15, 0.2) is 11.5 Å². The summed E-state index contributed by atoms with van der Waals surface area (Å²) in [6.45, 7) is 6.99. The number of hydrogen-bond donors (Lipinski definition) is 0. The van der Waals surface area contributed by atoms with E-state index in [9.17, 15) is 9.59 Å². The van der Waals surface area contributed by atoms with Crippen LogP contribution in [0.25, 0.3) is 10.9 Å². The number of carbonyl (C=O) groups is 2. The maximum atomic E-state index is 13.6. The molecule has 3 aromatic rings. The van der Waals surface area contributed by atoms with E-state index in [0.717, 1.165) is 53.4 Å². The number of aryl methyl sites for hydroxylation is 1. The zero-order valence-corrected chi connectivity index (χ0v) is 23.3. The van der Waals surface area contributed by atoms with Crippen molar-refractivity contribution in [3.8, 4) is 11.5 Å². The Morgan fingerprint density at radius 1 is 1.05 bits per heavy atom. The van der Waals surface area contributed by atoms with E-state index in [-0.39, 0.29) is 18.5 Å². The van der Waals surface area contributed by atoms with E-state index in [4.69, 9.17) is 9.47 Å². The van der Waals surface area contributed by atoms with E-state index in [0.29, 0.717) is 37.7 Å². The molecule has 1 aliphatic heterocycles. The van der Waals surface area contributed by atoms with E-state index in [1.165, 1.54) is 0 Å². The van der Waals surface area contributed by atoms with Crippen molar-refractivity contribution >= 4 is 28.5 Å². The predicted molar refractivity (Wildman–Crippen MR) is 151 cm³/mol. The molecule has 204 valence electrons. The Hall–Kier alpha value is -3.68. The van der Waals surface area contributed by atoms with Crippen LogP contribution in [0.4, 0.5) is 10.5 Å². The standard InChI is InChI=1S/C30H40N4O4/c1-6-7-8-18-38-27-19-24(12-13-26(27)37-5)34-16-9-15-33(30(34)36)20-23-11-10-22(2)29-25(23)14-17-32(29)21-28(35)31(3)4/h10-14,17,19H,6-9,15-16,18,20-21H2,1-5H3. The summed E-state index contributed by atoms with van der Waals surface area (Å²) in [6, 6.07) is 11.9. The average molecular weight is 521 g/mol. The van der Waals surface area contributed by atoms with E-state index >= 15 is 0 Å². The highest BCUT2D eigenvalue weighted by Crippen LogP contribution is 2.34. The summed E-state index contributed by atoms with van der Waals surface area (Å²) in [5.74, 6) is 1.38. The number of fused-ring (bicyclic) bond motifs is 1. The molecule has 2 aromatic carbocycles. The number of aromatic nitrogens is 1. The minimum atomic E-state index is -0.0192. The molecule has 1 saturated heterocycles. The van der Waals surface area contributed by atoms with Crippen LogP contribution in [0.15, 0.2) is 42.6 Å². The molecule has 0 aliphatic carbocycles. The molecule has 3 amide bonds. The molecule has 8 nitrogen and oxygen atoms in total. The van der Waals surface area contributed by atoms with Crippen molar-refractivity contribution in [2.24, 2.45) is 0 Å². The maximum absolute atomic E-state index is 13.6. The minimum absolute atomic E-state index is 0.0192. The number of methoxy groups -OCH3 is 1. The maximum Gasteiger partial charge on any atom is 0.324 e. The normalized spacial score (nSPS) is 13.8. The van der Waals surface area contributed by atoms with E-state index in [1.54, 1.807) is 26.1 Å². The Kier molecular flexibility index (Phi) is 8.81. The molecule has 0 saturated carbocycles. The molecular formula is C30H40N4O4. The highest BCUT2D eigenvalue weighted by atomic mass is 16.5. The first-order valence-corrected chi connectivity index (χ1v) is 13.5. The number of ether oxygens (including phenoxy) is 2. The molecular weight excluding hydrogens is 480 g/mol. The Morgan fingerprint density at radius 2 is 1.87 bits per heavy atom. The molecule has 1 fully saturated rings. The van der Waals surface area contributed by atoms with Crippen molar-refractivity contribution < 1.29 is 19.1 Å². The van der Waals surface area contributed by atoms with Gasteiger partial charge in [-0.1, -0.05) is 31.9 Å². The number of nitrogens with zero attached hydrogens (tertiary/aromatic N) is 4. The lowest BCUT2D eigenvalue weighted by molar-refractivity contribution is -0.129. The smallest absolute Gasteiger partial charge is 0.324 e. The summed E-state index contributed by atoms with van der Waals surface area (Å²) in [5, 5.41) is 1.08. The van der Waals surface area contributed by atoms with Crippen molar-refractivity contribution in [2.75, 3.05) is 45.8 Å². The number of amides is 3. The Balaban J connectivity index is 1.54. The number of rotatable bonds is 11. The fraction of sp³-hybridized carbons (Fsp3) is 0.467. The van der Waals surface area contributed by atoms with Crippen LogP contribution in [-0.4, -0.2) is 67.2 Å². The lowest BCUT2D eigenvalue weighted by atomic mass is 10.1. The van der Waals surface area contributed by atoms with Gasteiger partial charge in [0.2, 0.25) is 5.91 Å². The average Bonchev–Trinajstić information content (AvgIpc) is 3.34. The molecule has 38 heavy (non-hydrogen) atoms. The molecule has 1 aromatic heterocycles. The van der Waals surface area contributed by atoms with Crippen LogP contribution in [0.1, 0.15) is 43.7 Å². The van der Waals surface area contributed by atoms with Gasteiger partial charge >= 0.3 is 6.03 Å². The highest BCUT2D eigenvalue weighted by molar-refractivity contribution is 5.94. The second kappa shape index (κ2) is 12.2. The quantitative estimate of drug-likeness (QED) is 0.316. The molecule has 8 heteroatoms. The molecule has 4 rings (SSSR count). The second-order valence-corrected chi connectivity index (χ2v) is 10.1. The summed E-state index contributed by atoms with van der Waals surface area (Å²) in [7, 11) is 5.17. The molecule has 2 heterocycles. The van der Waals surface area contributed by atoms with E-state index in [1.807, 2.05) is 38.8 Å². The summed E-state index contributed by atoms with van der Waals surface area (Å²) in [5.41, 5.74) is 4.04. The van der Waals surface area contributed by atoms with E-state index < -0.39 is 0 Å². The number of benzene rings is 2. The molecule has 0 radical (unpaired) electrons. The summed E-state index contributed by atoms with van der Waals surface area (Å²) in [6.07, 6.45) is 6.06. The number of likely N-dealkylation sites (N-methyl/N-ethyl adjacent to an activating group) is 1. The lowest BCUT2D eigenvalue weighted by Crippen LogP contribution is -2.49. The number of urea groups is 1. The molecule has 0 unspecified atom stereocenters. The number of hydrogen-bond acceptors (Lipinski definition) is 4. The van der Waals surface area contributed by atoms with Gasteiger partial charge in [-0.05, 0) is 49.1 Å². The zero-order chi connectivity index (χ0) is 27.2. The van der Waals surface area contributed by atoms with Crippen molar-refractivity contribution in [3.63, 3.8) is 0 Å². The van der Waals surface area contributed by atoms with Crippen LogP contribution in [0.3, 0.4) is 0 Å². The monoisotopic (exact) mass is 520 g/mol. The molecule has 0 bridgehead atoms. The van der Waals surface area contributed by atoms with Gasteiger partial charge in [-0.15, -0.1) is 0 Å². The van der Waals surface area contributed by atoms with Gasteiger partial charge in [0.25, 0.3) is 0 Å². The second-order valence-electron chi connectivity index (χ2n) is 10.1. The van der Waals surface area contributed by atoms with Crippen LogP contribution in [-0.2, 0) is 17.9 Å². The van der Waals surface area contributed by atoms with Gasteiger partial charge in [0.05, 0.1) is 19.2 Å². The summed E-state index contributed by atoms with van der Waals surface area (Å²) >= 11 is 0. The Morgan fingerprint density at radius 3 is 2.61 bits per heavy atom. The third-order valence-corrected chi connectivity index (χ3v) is 7.16. The third-order valence-electron chi connectivity index (χ3n) is 7.16. The van der Waals surface area contributed by atoms with Crippen LogP contribution in [0, 0.1) is 6.92 Å².